The van der Waals surface area contributed by atoms with E-state index in [0.717, 1.165) is 16.5 Å². The van der Waals surface area contributed by atoms with Crippen molar-refractivity contribution in [2.24, 2.45) is 0 Å². The van der Waals surface area contributed by atoms with Crippen molar-refractivity contribution in [1.82, 2.24) is 9.19 Å². The molecule has 0 radical (unpaired) electrons. The summed E-state index contributed by atoms with van der Waals surface area (Å²) < 4.78 is 22.3. The fourth-order valence-electron chi connectivity index (χ4n) is 0.516. The van der Waals surface area contributed by atoms with Gasteiger partial charge in [0.15, 0.2) is 5.82 Å². The SMILES string of the molecule is CS(=O)(=O)n1cc(Cl)c(N)n1. The van der Waals surface area contributed by atoms with Crippen LogP contribution in [0, 0.1) is 0 Å². The Labute approximate surface area is 68.8 Å². The number of rotatable bonds is 1. The molecule has 11 heavy (non-hydrogen) atoms. The molecule has 7 heteroatoms. The van der Waals surface area contributed by atoms with Crippen molar-refractivity contribution in [3.63, 3.8) is 0 Å². The topological polar surface area (TPSA) is 78.0 Å². The van der Waals surface area contributed by atoms with Crippen LogP contribution < -0.4 is 5.73 Å². The quantitative estimate of drug-likeness (QED) is 0.680. The molecule has 0 aliphatic rings. The maximum Gasteiger partial charge on any atom is 0.250 e. The van der Waals surface area contributed by atoms with Crippen molar-refractivity contribution in [3.8, 4) is 0 Å². The van der Waals surface area contributed by atoms with Crippen LogP contribution in [-0.2, 0) is 10.0 Å². The third kappa shape index (κ3) is 1.63. The number of halogens is 1. The lowest BCUT2D eigenvalue weighted by Crippen LogP contribution is -2.10. The molecule has 0 saturated carbocycles. The van der Waals surface area contributed by atoms with E-state index in [1.54, 1.807) is 0 Å². The number of anilines is 1. The van der Waals surface area contributed by atoms with E-state index < -0.39 is 10.0 Å². The van der Waals surface area contributed by atoms with E-state index in [1.165, 1.54) is 0 Å². The molecule has 1 rings (SSSR count). The number of aromatic nitrogens is 2. The molecule has 0 aliphatic heterocycles. The van der Waals surface area contributed by atoms with E-state index in [2.05, 4.69) is 5.10 Å². The van der Waals surface area contributed by atoms with Crippen molar-refractivity contribution < 1.29 is 8.42 Å². The second kappa shape index (κ2) is 2.38. The number of nitrogens with zero attached hydrogens (tertiary/aromatic N) is 2. The van der Waals surface area contributed by atoms with Crippen LogP contribution in [0.25, 0.3) is 0 Å². The number of nitrogens with two attached hydrogens (primary N) is 1. The third-order valence-electron chi connectivity index (χ3n) is 1.01. The summed E-state index contributed by atoms with van der Waals surface area (Å²) in [6, 6.07) is 0. The van der Waals surface area contributed by atoms with E-state index in [1.807, 2.05) is 0 Å². The molecule has 0 fully saturated rings. The predicted molar refractivity (Wildman–Crippen MR) is 41.9 cm³/mol. The average Bonchev–Trinajstić information content (AvgIpc) is 2.11. The van der Waals surface area contributed by atoms with Gasteiger partial charge in [-0.05, 0) is 0 Å². The fourth-order valence-corrected chi connectivity index (χ4v) is 1.24. The van der Waals surface area contributed by atoms with Crippen molar-refractivity contribution in [1.29, 1.82) is 0 Å². The minimum atomic E-state index is -3.36. The molecular weight excluding hydrogens is 190 g/mol. The van der Waals surface area contributed by atoms with Gasteiger partial charge in [0.25, 0.3) is 10.0 Å². The summed E-state index contributed by atoms with van der Waals surface area (Å²) in [4.78, 5) is 0. The first kappa shape index (κ1) is 8.35. The zero-order chi connectivity index (χ0) is 8.65. The number of nitrogen functional groups attached to an aromatic ring is 1. The Hall–Kier alpha value is -0.750. The van der Waals surface area contributed by atoms with Gasteiger partial charge in [0, 0.05) is 0 Å². The van der Waals surface area contributed by atoms with Crippen LogP contribution in [-0.4, -0.2) is 23.9 Å². The first-order valence-electron chi connectivity index (χ1n) is 2.62. The van der Waals surface area contributed by atoms with Crippen LogP contribution in [0.4, 0.5) is 5.82 Å². The zero-order valence-electron chi connectivity index (χ0n) is 5.65. The molecule has 1 aromatic rings. The van der Waals surface area contributed by atoms with Crippen molar-refractivity contribution in [2.45, 2.75) is 0 Å². The molecule has 0 unspecified atom stereocenters. The summed E-state index contributed by atoms with van der Waals surface area (Å²) in [6.07, 6.45) is 2.15. The van der Waals surface area contributed by atoms with Gasteiger partial charge in [-0.25, -0.2) is 8.42 Å². The fraction of sp³-hybridized carbons (Fsp3) is 0.250. The summed E-state index contributed by atoms with van der Waals surface area (Å²) in [5.41, 5.74) is 5.21. The van der Waals surface area contributed by atoms with E-state index >= 15 is 0 Å². The van der Waals surface area contributed by atoms with Gasteiger partial charge in [-0.2, -0.15) is 4.09 Å². The molecule has 1 aromatic heterocycles. The van der Waals surface area contributed by atoms with Crippen LogP contribution in [0.3, 0.4) is 0 Å². The Bertz CT molecular complexity index is 349. The maximum atomic E-state index is 10.8. The Morgan fingerprint density at radius 1 is 1.73 bits per heavy atom. The van der Waals surface area contributed by atoms with Crippen LogP contribution >= 0.6 is 11.6 Å². The monoisotopic (exact) mass is 195 g/mol. The first-order valence-corrected chi connectivity index (χ1v) is 4.85. The number of hydrogen-bond acceptors (Lipinski definition) is 4. The summed E-state index contributed by atoms with van der Waals surface area (Å²) in [5.74, 6) is 0.0112. The summed E-state index contributed by atoms with van der Waals surface area (Å²) >= 11 is 5.46. The van der Waals surface area contributed by atoms with Crippen molar-refractivity contribution >= 4 is 27.4 Å². The molecule has 0 bridgehead atoms. The largest absolute Gasteiger partial charge is 0.381 e. The zero-order valence-corrected chi connectivity index (χ0v) is 7.22. The van der Waals surface area contributed by atoms with Gasteiger partial charge in [-0.15, -0.1) is 5.10 Å². The molecular formula is C4H6ClN3O2S. The normalized spacial score (nSPS) is 11.8. The standard InChI is InChI=1S/C4H6ClN3O2S/c1-11(9,10)8-2-3(5)4(6)7-8/h2H,1H3,(H2,6,7). The molecule has 0 aliphatic carbocycles. The predicted octanol–water partition coefficient (Wildman–Crippen LogP) is -0.0736. The van der Waals surface area contributed by atoms with E-state index in [9.17, 15) is 8.42 Å². The molecule has 0 aromatic carbocycles. The average molecular weight is 196 g/mol. The van der Waals surface area contributed by atoms with Crippen molar-refractivity contribution in [3.05, 3.63) is 11.2 Å². The summed E-state index contributed by atoms with van der Waals surface area (Å²) in [7, 11) is -3.36. The Morgan fingerprint density at radius 2 is 2.27 bits per heavy atom. The molecule has 1 heterocycles. The molecule has 5 nitrogen and oxygen atoms in total. The Balaban J connectivity index is 3.29. The molecule has 0 amide bonds. The van der Waals surface area contributed by atoms with E-state index in [0.29, 0.717) is 0 Å². The molecule has 2 N–H and O–H groups in total. The van der Waals surface area contributed by atoms with Crippen LogP contribution in [0.5, 0.6) is 0 Å². The second-order valence-corrected chi connectivity index (χ2v) is 4.25. The van der Waals surface area contributed by atoms with Crippen LogP contribution in [0.2, 0.25) is 5.02 Å². The Morgan fingerprint density at radius 3 is 2.45 bits per heavy atom. The lowest BCUT2D eigenvalue weighted by atomic mass is 10.7. The number of hydrogen-bond donors (Lipinski definition) is 1. The summed E-state index contributed by atoms with van der Waals surface area (Å²) in [5, 5.41) is 3.59. The van der Waals surface area contributed by atoms with Gasteiger partial charge in [-0.1, -0.05) is 11.6 Å². The highest BCUT2D eigenvalue weighted by atomic mass is 35.5. The lowest BCUT2D eigenvalue weighted by Gasteiger charge is -1.92. The van der Waals surface area contributed by atoms with Crippen LogP contribution in [0.1, 0.15) is 0 Å². The van der Waals surface area contributed by atoms with Gasteiger partial charge in [-0.3, -0.25) is 0 Å². The van der Waals surface area contributed by atoms with Gasteiger partial charge < -0.3 is 5.73 Å². The smallest absolute Gasteiger partial charge is 0.250 e. The molecule has 62 valence electrons. The van der Waals surface area contributed by atoms with E-state index in [-0.39, 0.29) is 10.8 Å². The third-order valence-corrected chi connectivity index (χ3v) is 2.17. The van der Waals surface area contributed by atoms with Gasteiger partial charge in [0.05, 0.1) is 12.5 Å². The van der Waals surface area contributed by atoms with Crippen LogP contribution in [0.15, 0.2) is 6.20 Å². The highest BCUT2D eigenvalue weighted by Gasteiger charge is 2.09. The molecule has 0 atom stereocenters. The van der Waals surface area contributed by atoms with Gasteiger partial charge in [0.1, 0.15) is 5.02 Å². The van der Waals surface area contributed by atoms with Crippen molar-refractivity contribution in [2.75, 3.05) is 12.0 Å². The highest BCUT2D eigenvalue weighted by molar-refractivity contribution is 7.89. The minimum absolute atomic E-state index is 0.0112. The highest BCUT2D eigenvalue weighted by Crippen LogP contribution is 2.15. The Kier molecular flexibility index (Phi) is 1.81. The molecule has 0 saturated heterocycles. The second-order valence-electron chi connectivity index (χ2n) is 2.00. The van der Waals surface area contributed by atoms with E-state index in [4.69, 9.17) is 17.3 Å². The minimum Gasteiger partial charge on any atom is -0.381 e. The summed E-state index contributed by atoms with van der Waals surface area (Å²) in [6.45, 7) is 0. The first-order chi connectivity index (χ1) is 4.91. The van der Waals surface area contributed by atoms with Gasteiger partial charge in [0.2, 0.25) is 0 Å². The van der Waals surface area contributed by atoms with Gasteiger partial charge >= 0.3 is 0 Å². The molecule has 0 spiro atoms. The lowest BCUT2D eigenvalue weighted by molar-refractivity contribution is 0.586. The maximum absolute atomic E-state index is 10.8.